The van der Waals surface area contributed by atoms with Gasteiger partial charge in [0.25, 0.3) is 0 Å². The van der Waals surface area contributed by atoms with E-state index >= 15 is 0 Å². The maximum absolute atomic E-state index is 9.22. The van der Waals surface area contributed by atoms with Gasteiger partial charge in [-0.1, -0.05) is 59.2 Å². The van der Waals surface area contributed by atoms with Crippen LogP contribution in [0.25, 0.3) is 0 Å². The Kier molecular flexibility index (Phi) is 4.42. The lowest BCUT2D eigenvalue weighted by Crippen LogP contribution is -2.27. The Hall–Kier alpha value is -2.00. The van der Waals surface area contributed by atoms with E-state index in [1.807, 2.05) is 54.4 Å². The molecule has 1 N–H and O–H groups in total. The number of oxime groups is 1. The Morgan fingerprint density at radius 1 is 1.16 bits per heavy atom. The predicted octanol–water partition coefficient (Wildman–Crippen LogP) is 3.61. The normalized spacial score (nSPS) is 11.4. The summed E-state index contributed by atoms with van der Waals surface area (Å²) in [6.07, 6.45) is 0. The van der Waals surface area contributed by atoms with Gasteiger partial charge in [0.1, 0.15) is 0 Å². The molecule has 0 aliphatic rings. The van der Waals surface area contributed by atoms with Gasteiger partial charge >= 0.3 is 0 Å². The van der Waals surface area contributed by atoms with Crippen LogP contribution < -0.4 is 0 Å². The summed E-state index contributed by atoms with van der Waals surface area (Å²) in [4.78, 5) is 1.88. The summed E-state index contributed by atoms with van der Waals surface area (Å²) in [6.45, 7) is 0.659. The van der Waals surface area contributed by atoms with Crippen LogP contribution in [0.3, 0.4) is 0 Å². The zero-order chi connectivity index (χ0) is 13.7. The highest BCUT2D eigenvalue weighted by molar-refractivity contribution is 6.31. The van der Waals surface area contributed by atoms with Gasteiger partial charge in [-0.2, -0.15) is 0 Å². The molecule has 0 bridgehead atoms. The molecule has 3 nitrogen and oxygen atoms in total. The Morgan fingerprint density at radius 2 is 1.89 bits per heavy atom. The van der Waals surface area contributed by atoms with Crippen LogP contribution in [-0.4, -0.2) is 23.0 Å². The highest BCUT2D eigenvalue weighted by atomic mass is 35.5. The second-order valence-corrected chi connectivity index (χ2v) is 4.71. The zero-order valence-corrected chi connectivity index (χ0v) is 11.4. The average molecular weight is 275 g/mol. The van der Waals surface area contributed by atoms with E-state index in [4.69, 9.17) is 11.6 Å². The fourth-order valence-electron chi connectivity index (χ4n) is 1.91. The first-order valence-corrected chi connectivity index (χ1v) is 6.31. The van der Waals surface area contributed by atoms with Crippen molar-refractivity contribution in [1.29, 1.82) is 0 Å². The molecule has 0 atom stereocenters. The Balaban J connectivity index is 2.19. The lowest BCUT2D eigenvalue weighted by Gasteiger charge is -2.20. The van der Waals surface area contributed by atoms with Gasteiger partial charge in [-0.15, -0.1) is 0 Å². The highest BCUT2D eigenvalue weighted by Gasteiger charge is 2.11. The monoisotopic (exact) mass is 274 g/mol. The van der Waals surface area contributed by atoms with Crippen molar-refractivity contribution in [2.24, 2.45) is 5.16 Å². The van der Waals surface area contributed by atoms with Crippen molar-refractivity contribution in [3.05, 3.63) is 70.7 Å². The molecule has 0 unspecified atom stereocenters. The molecule has 0 aliphatic heterocycles. The number of hydrogen-bond acceptors (Lipinski definition) is 2. The van der Waals surface area contributed by atoms with Crippen molar-refractivity contribution >= 4 is 17.4 Å². The van der Waals surface area contributed by atoms with Crippen molar-refractivity contribution < 1.29 is 5.21 Å². The number of amidine groups is 1. The summed E-state index contributed by atoms with van der Waals surface area (Å²) in [6, 6.07) is 17.3. The zero-order valence-electron chi connectivity index (χ0n) is 10.6. The van der Waals surface area contributed by atoms with E-state index in [1.165, 1.54) is 0 Å². The van der Waals surface area contributed by atoms with Gasteiger partial charge in [0.2, 0.25) is 0 Å². The Morgan fingerprint density at radius 3 is 2.53 bits per heavy atom. The van der Waals surface area contributed by atoms with Gasteiger partial charge < -0.3 is 10.1 Å². The summed E-state index contributed by atoms with van der Waals surface area (Å²) in [5, 5.41) is 13.2. The van der Waals surface area contributed by atoms with Crippen LogP contribution in [0, 0.1) is 0 Å². The molecule has 0 heterocycles. The molecule has 98 valence electrons. The topological polar surface area (TPSA) is 35.8 Å². The van der Waals surface area contributed by atoms with E-state index in [0.29, 0.717) is 17.4 Å². The second-order valence-electron chi connectivity index (χ2n) is 4.28. The summed E-state index contributed by atoms with van der Waals surface area (Å²) < 4.78 is 0. The van der Waals surface area contributed by atoms with Crippen LogP contribution in [0.1, 0.15) is 11.1 Å². The molecule has 0 aromatic heterocycles. The number of benzene rings is 2. The maximum atomic E-state index is 9.22. The minimum absolute atomic E-state index is 0.492. The Labute approximate surface area is 117 Å². The fourth-order valence-corrected chi connectivity index (χ4v) is 2.10. The molecule has 0 saturated heterocycles. The lowest BCUT2D eigenvalue weighted by atomic mass is 10.1. The third-order valence-corrected chi connectivity index (χ3v) is 3.04. The van der Waals surface area contributed by atoms with Gasteiger partial charge in [-0.3, -0.25) is 0 Å². The quantitative estimate of drug-likeness (QED) is 0.402. The summed E-state index contributed by atoms with van der Waals surface area (Å²) >= 11 is 5.96. The lowest BCUT2D eigenvalue weighted by molar-refractivity contribution is 0.306. The molecular weight excluding hydrogens is 260 g/mol. The molecule has 2 aromatic carbocycles. The van der Waals surface area contributed by atoms with Gasteiger partial charge in [0.05, 0.1) is 0 Å². The van der Waals surface area contributed by atoms with Crippen molar-refractivity contribution in [3.63, 3.8) is 0 Å². The van der Waals surface area contributed by atoms with E-state index in [-0.39, 0.29) is 0 Å². The first kappa shape index (κ1) is 13.4. The SMILES string of the molecule is CN(Cc1ccccc1)/C(=N\O)c1cccc(Cl)c1. The number of nitrogens with zero attached hydrogens (tertiary/aromatic N) is 2. The summed E-state index contributed by atoms with van der Waals surface area (Å²) in [5.41, 5.74) is 1.93. The number of hydrogen-bond donors (Lipinski definition) is 1. The van der Waals surface area contributed by atoms with Crippen molar-refractivity contribution in [1.82, 2.24) is 4.90 Å². The van der Waals surface area contributed by atoms with Crippen LogP contribution >= 0.6 is 11.6 Å². The second kappa shape index (κ2) is 6.25. The molecule has 19 heavy (non-hydrogen) atoms. The van der Waals surface area contributed by atoms with Gasteiger partial charge in [0.15, 0.2) is 5.84 Å². The largest absolute Gasteiger partial charge is 0.409 e. The van der Waals surface area contributed by atoms with E-state index in [0.717, 1.165) is 11.1 Å². The smallest absolute Gasteiger partial charge is 0.175 e. The van der Waals surface area contributed by atoms with Crippen LogP contribution in [0.4, 0.5) is 0 Å². The predicted molar refractivity (Wildman–Crippen MR) is 77.7 cm³/mol. The number of halogens is 1. The Bertz CT molecular complexity index is 569. The minimum atomic E-state index is 0.492. The molecule has 0 radical (unpaired) electrons. The van der Waals surface area contributed by atoms with E-state index in [1.54, 1.807) is 12.1 Å². The number of rotatable bonds is 3. The van der Waals surface area contributed by atoms with Crippen molar-refractivity contribution in [2.75, 3.05) is 7.05 Å². The molecule has 2 aromatic rings. The third-order valence-electron chi connectivity index (χ3n) is 2.80. The first-order chi connectivity index (χ1) is 9.20. The van der Waals surface area contributed by atoms with Crippen molar-refractivity contribution in [3.8, 4) is 0 Å². The van der Waals surface area contributed by atoms with E-state index in [9.17, 15) is 5.21 Å². The molecule has 2 rings (SSSR count). The van der Waals surface area contributed by atoms with Crippen LogP contribution in [-0.2, 0) is 6.54 Å². The van der Waals surface area contributed by atoms with Crippen LogP contribution in [0.5, 0.6) is 0 Å². The summed E-state index contributed by atoms with van der Waals surface area (Å²) in [7, 11) is 1.88. The molecule has 4 heteroatoms. The van der Waals surface area contributed by atoms with Gasteiger partial charge in [-0.25, -0.2) is 0 Å². The van der Waals surface area contributed by atoms with Crippen molar-refractivity contribution in [2.45, 2.75) is 6.54 Å². The molecule has 0 spiro atoms. The fraction of sp³-hybridized carbons (Fsp3) is 0.133. The molecule has 0 aliphatic carbocycles. The standard InChI is InChI=1S/C15H15ClN2O/c1-18(11-12-6-3-2-4-7-12)15(17-19)13-8-5-9-14(16)10-13/h2-10,19H,11H2,1H3/b17-15-. The van der Waals surface area contributed by atoms with Crippen LogP contribution in [0.2, 0.25) is 5.02 Å². The van der Waals surface area contributed by atoms with Gasteiger partial charge in [0, 0.05) is 24.2 Å². The third kappa shape index (κ3) is 3.48. The molecular formula is C15H15ClN2O. The maximum Gasteiger partial charge on any atom is 0.175 e. The summed E-state index contributed by atoms with van der Waals surface area (Å²) in [5.74, 6) is 0.492. The molecule has 0 amide bonds. The molecule has 0 saturated carbocycles. The van der Waals surface area contributed by atoms with Crippen LogP contribution in [0.15, 0.2) is 59.8 Å². The van der Waals surface area contributed by atoms with E-state index in [2.05, 4.69) is 5.16 Å². The van der Waals surface area contributed by atoms with Gasteiger partial charge in [-0.05, 0) is 17.7 Å². The average Bonchev–Trinajstić information content (AvgIpc) is 2.41. The highest BCUT2D eigenvalue weighted by Crippen LogP contribution is 2.14. The van der Waals surface area contributed by atoms with E-state index < -0.39 is 0 Å². The first-order valence-electron chi connectivity index (χ1n) is 5.94. The minimum Gasteiger partial charge on any atom is -0.409 e. The molecule has 0 fully saturated rings.